The number of carboxylic acid groups (broad SMARTS) is 1. The molecule has 0 saturated heterocycles. The summed E-state index contributed by atoms with van der Waals surface area (Å²) in [6.45, 7) is 3.15. The van der Waals surface area contributed by atoms with E-state index in [1.165, 1.54) is 0 Å². The fourth-order valence-corrected chi connectivity index (χ4v) is 3.69. The molecule has 196 valence electrons. The zero-order chi connectivity index (χ0) is 26.8. The predicted octanol–water partition coefficient (Wildman–Crippen LogP) is -0.480. The highest BCUT2D eigenvalue weighted by Gasteiger charge is 2.27. The molecule has 2 aromatic rings. The maximum absolute atomic E-state index is 12.7. The number of carbonyl (C=O) groups excluding carboxylic acids is 4. The average Bonchev–Trinajstić information content (AvgIpc) is 3.21. The second-order valence-electron chi connectivity index (χ2n) is 9.04. The van der Waals surface area contributed by atoms with Crippen molar-refractivity contribution in [3.05, 3.63) is 36.0 Å². The molecule has 0 bridgehead atoms. The van der Waals surface area contributed by atoms with E-state index in [2.05, 4.69) is 20.9 Å². The predicted molar refractivity (Wildman–Crippen MR) is 132 cm³/mol. The first-order valence-corrected chi connectivity index (χ1v) is 11.7. The van der Waals surface area contributed by atoms with Gasteiger partial charge in [-0.25, -0.2) is 4.79 Å². The topological polar surface area (TPSA) is 209 Å². The number of aromatic amines is 1. The molecule has 0 aliphatic carbocycles. The number of nitrogens with two attached hydrogens (primary N) is 2. The summed E-state index contributed by atoms with van der Waals surface area (Å²) < 4.78 is 0. The van der Waals surface area contributed by atoms with Crippen LogP contribution in [-0.2, 0) is 30.4 Å². The van der Waals surface area contributed by atoms with Crippen molar-refractivity contribution in [2.24, 2.45) is 17.4 Å². The Bertz CT molecular complexity index is 1100. The Balaban J connectivity index is 1.94. The standard InChI is InChI=1S/C24H34N6O6/c1-13(2)9-19(24(35)36)30-23(34)18(7-8-20(26)31)29-21(32)12-28-22(33)16(25)10-14-11-27-17-6-4-3-5-15(14)17/h3-6,11,13,16,18-19,27H,7-10,12,25H2,1-2H3,(H2,26,31)(H,28,33)(H,29,32)(H,30,34)(H,35,36). The molecule has 36 heavy (non-hydrogen) atoms. The Morgan fingerprint density at radius 2 is 1.72 bits per heavy atom. The smallest absolute Gasteiger partial charge is 0.326 e. The van der Waals surface area contributed by atoms with Gasteiger partial charge in [0.2, 0.25) is 23.6 Å². The van der Waals surface area contributed by atoms with Crippen molar-refractivity contribution in [1.29, 1.82) is 0 Å². The van der Waals surface area contributed by atoms with Gasteiger partial charge in [0.15, 0.2) is 0 Å². The van der Waals surface area contributed by atoms with Crippen LogP contribution in [0.3, 0.4) is 0 Å². The highest BCUT2D eigenvalue weighted by molar-refractivity contribution is 5.93. The van der Waals surface area contributed by atoms with E-state index in [1.54, 1.807) is 20.0 Å². The van der Waals surface area contributed by atoms with Crippen LogP contribution in [0.1, 0.15) is 38.7 Å². The van der Waals surface area contributed by atoms with Gasteiger partial charge in [-0.05, 0) is 36.8 Å². The molecule has 0 spiro atoms. The third-order valence-electron chi connectivity index (χ3n) is 5.53. The zero-order valence-electron chi connectivity index (χ0n) is 20.4. The summed E-state index contributed by atoms with van der Waals surface area (Å²) in [5, 5.41) is 17.5. The van der Waals surface area contributed by atoms with Crippen molar-refractivity contribution >= 4 is 40.5 Å². The van der Waals surface area contributed by atoms with Crippen LogP contribution in [0.2, 0.25) is 0 Å². The SMILES string of the molecule is CC(C)CC(NC(=O)C(CCC(N)=O)NC(=O)CNC(=O)C(N)Cc1c[nH]c2ccccc12)C(=O)O. The molecule has 0 saturated carbocycles. The lowest BCUT2D eigenvalue weighted by molar-refractivity contribution is -0.142. The maximum Gasteiger partial charge on any atom is 0.326 e. The van der Waals surface area contributed by atoms with Crippen LogP contribution in [0.15, 0.2) is 30.5 Å². The summed E-state index contributed by atoms with van der Waals surface area (Å²) in [5.74, 6) is -3.93. The average molecular weight is 503 g/mol. The van der Waals surface area contributed by atoms with E-state index in [-0.39, 0.29) is 31.6 Å². The second-order valence-corrected chi connectivity index (χ2v) is 9.04. The van der Waals surface area contributed by atoms with Gasteiger partial charge in [0, 0.05) is 23.5 Å². The minimum atomic E-state index is -1.21. The molecule has 0 radical (unpaired) electrons. The number of primary amides is 1. The van der Waals surface area contributed by atoms with Gasteiger partial charge in [0.25, 0.3) is 0 Å². The van der Waals surface area contributed by atoms with Crippen LogP contribution >= 0.6 is 0 Å². The normalized spacial score (nSPS) is 13.6. The zero-order valence-corrected chi connectivity index (χ0v) is 20.4. The Labute approximate surface area is 208 Å². The van der Waals surface area contributed by atoms with Crippen molar-refractivity contribution < 1.29 is 29.1 Å². The third-order valence-corrected chi connectivity index (χ3v) is 5.53. The van der Waals surface area contributed by atoms with Gasteiger partial charge in [-0.1, -0.05) is 32.0 Å². The molecule has 9 N–H and O–H groups in total. The van der Waals surface area contributed by atoms with Gasteiger partial charge in [0.1, 0.15) is 12.1 Å². The summed E-state index contributed by atoms with van der Waals surface area (Å²) in [6.07, 6.45) is 1.86. The van der Waals surface area contributed by atoms with Crippen LogP contribution in [0.4, 0.5) is 0 Å². The first kappa shape index (κ1) is 28.3. The summed E-state index contributed by atoms with van der Waals surface area (Å²) in [7, 11) is 0. The maximum atomic E-state index is 12.7. The van der Waals surface area contributed by atoms with Gasteiger partial charge in [-0.3, -0.25) is 19.2 Å². The number of H-pyrrole nitrogens is 1. The van der Waals surface area contributed by atoms with E-state index in [4.69, 9.17) is 11.5 Å². The van der Waals surface area contributed by atoms with E-state index in [0.717, 1.165) is 16.5 Å². The van der Waals surface area contributed by atoms with E-state index >= 15 is 0 Å². The molecular formula is C24H34N6O6. The van der Waals surface area contributed by atoms with Gasteiger partial charge in [0.05, 0.1) is 12.6 Å². The van der Waals surface area contributed by atoms with Crippen LogP contribution < -0.4 is 27.4 Å². The minimum Gasteiger partial charge on any atom is -0.480 e. The lowest BCUT2D eigenvalue weighted by atomic mass is 10.0. The first-order valence-electron chi connectivity index (χ1n) is 11.7. The molecule has 0 aliphatic heterocycles. The number of nitrogens with one attached hydrogen (secondary N) is 4. The minimum absolute atomic E-state index is 0.00580. The van der Waals surface area contributed by atoms with Gasteiger partial charge < -0.3 is 37.5 Å². The molecule has 2 rings (SSSR count). The van der Waals surface area contributed by atoms with Gasteiger partial charge in [-0.2, -0.15) is 0 Å². The molecule has 1 aromatic carbocycles. The molecule has 12 nitrogen and oxygen atoms in total. The fourth-order valence-electron chi connectivity index (χ4n) is 3.69. The first-order chi connectivity index (χ1) is 17.0. The highest BCUT2D eigenvalue weighted by atomic mass is 16.4. The number of rotatable bonds is 14. The number of amides is 4. The Kier molecular flexibility index (Phi) is 10.4. The number of carbonyl (C=O) groups is 5. The van der Waals surface area contributed by atoms with Gasteiger partial charge in [-0.15, -0.1) is 0 Å². The molecule has 3 unspecified atom stereocenters. The lowest BCUT2D eigenvalue weighted by Gasteiger charge is -2.22. The summed E-state index contributed by atoms with van der Waals surface area (Å²) in [4.78, 5) is 63.3. The number of hydrogen-bond acceptors (Lipinski definition) is 6. The van der Waals surface area contributed by atoms with Crippen LogP contribution in [0.25, 0.3) is 10.9 Å². The Morgan fingerprint density at radius 1 is 1.03 bits per heavy atom. The van der Waals surface area contributed by atoms with E-state index in [9.17, 15) is 29.1 Å². The van der Waals surface area contributed by atoms with Crippen molar-refractivity contribution in [3.63, 3.8) is 0 Å². The second kappa shape index (κ2) is 13.2. The van der Waals surface area contributed by atoms with Crippen molar-refractivity contribution in [1.82, 2.24) is 20.9 Å². The molecule has 1 aromatic heterocycles. The number of carboxylic acids is 1. The number of aromatic nitrogens is 1. The molecule has 1 heterocycles. The van der Waals surface area contributed by atoms with Crippen molar-refractivity contribution in [2.45, 2.75) is 57.7 Å². The molecule has 4 amide bonds. The molecule has 12 heteroatoms. The van der Waals surface area contributed by atoms with Crippen molar-refractivity contribution in [3.8, 4) is 0 Å². The Morgan fingerprint density at radius 3 is 2.36 bits per heavy atom. The van der Waals surface area contributed by atoms with Gasteiger partial charge >= 0.3 is 5.97 Å². The molecular weight excluding hydrogens is 468 g/mol. The largest absolute Gasteiger partial charge is 0.480 e. The summed E-state index contributed by atoms with van der Waals surface area (Å²) in [6, 6.07) is 4.29. The number of hydrogen-bond donors (Lipinski definition) is 7. The summed E-state index contributed by atoms with van der Waals surface area (Å²) in [5.41, 5.74) is 12.9. The van der Waals surface area contributed by atoms with E-state index in [0.29, 0.717) is 0 Å². The van der Waals surface area contributed by atoms with E-state index in [1.807, 2.05) is 24.3 Å². The lowest BCUT2D eigenvalue weighted by Crippen LogP contribution is -2.54. The Hall–Kier alpha value is -3.93. The van der Waals surface area contributed by atoms with Crippen LogP contribution in [-0.4, -0.2) is 64.4 Å². The molecule has 3 atom stereocenters. The van der Waals surface area contributed by atoms with Crippen LogP contribution in [0.5, 0.6) is 0 Å². The molecule has 0 fully saturated rings. The van der Waals surface area contributed by atoms with Crippen LogP contribution in [0, 0.1) is 5.92 Å². The van der Waals surface area contributed by atoms with E-state index < -0.39 is 54.3 Å². The summed E-state index contributed by atoms with van der Waals surface area (Å²) >= 11 is 0. The fraction of sp³-hybridized carbons (Fsp3) is 0.458. The highest BCUT2D eigenvalue weighted by Crippen LogP contribution is 2.18. The molecule has 0 aliphatic rings. The van der Waals surface area contributed by atoms with Crippen molar-refractivity contribution in [2.75, 3.05) is 6.54 Å². The quantitative estimate of drug-likeness (QED) is 0.180. The number of aliphatic carboxylic acids is 1. The number of fused-ring (bicyclic) bond motifs is 1. The number of para-hydroxylation sites is 1. The third kappa shape index (κ3) is 8.69. The monoisotopic (exact) mass is 502 g/mol. The number of benzene rings is 1.